The standard InChI is InChI=1S/C21H27N3O4/c1-13-11-24(12-17(13)23-20(27)28-21(2,3)4)18(25)10-15-9-14-7-5-6-8-16(14)22-19(15)26/h5-9,13,17H,10-12H2,1-4H3,(H,22,26)(H,23,27). The highest BCUT2D eigenvalue weighted by atomic mass is 16.6. The molecule has 0 saturated carbocycles. The second-order valence-corrected chi connectivity index (χ2v) is 8.42. The van der Waals surface area contributed by atoms with Gasteiger partial charge in [-0.3, -0.25) is 9.59 Å². The Bertz CT molecular complexity index is 945. The minimum absolute atomic E-state index is 0.0338. The molecule has 3 rings (SSSR count). The normalized spacial score (nSPS) is 19.6. The molecule has 1 aromatic carbocycles. The smallest absolute Gasteiger partial charge is 0.407 e. The van der Waals surface area contributed by atoms with Gasteiger partial charge in [0.15, 0.2) is 0 Å². The van der Waals surface area contributed by atoms with Crippen LogP contribution in [0.5, 0.6) is 0 Å². The number of benzene rings is 1. The van der Waals surface area contributed by atoms with Gasteiger partial charge in [0.2, 0.25) is 5.91 Å². The maximum Gasteiger partial charge on any atom is 0.407 e. The van der Waals surface area contributed by atoms with Crippen LogP contribution in [-0.4, -0.2) is 46.6 Å². The lowest BCUT2D eigenvalue weighted by atomic mass is 10.1. The number of pyridine rings is 1. The topological polar surface area (TPSA) is 91.5 Å². The lowest BCUT2D eigenvalue weighted by Gasteiger charge is -2.23. The van der Waals surface area contributed by atoms with E-state index in [1.54, 1.807) is 11.0 Å². The van der Waals surface area contributed by atoms with Crippen LogP contribution in [0.3, 0.4) is 0 Å². The summed E-state index contributed by atoms with van der Waals surface area (Å²) in [5.41, 5.74) is 0.376. The number of carbonyl (C=O) groups is 2. The molecule has 2 amide bonds. The number of nitrogens with zero attached hydrogens (tertiary/aromatic N) is 1. The number of H-pyrrole nitrogens is 1. The Morgan fingerprint density at radius 2 is 1.96 bits per heavy atom. The van der Waals surface area contributed by atoms with Crippen LogP contribution in [0.2, 0.25) is 0 Å². The monoisotopic (exact) mass is 385 g/mol. The summed E-state index contributed by atoms with van der Waals surface area (Å²) in [5.74, 6) is -0.0209. The Labute approximate surface area is 164 Å². The number of ether oxygens (including phenoxy) is 1. The zero-order valence-electron chi connectivity index (χ0n) is 16.7. The first kappa shape index (κ1) is 19.9. The van der Waals surface area contributed by atoms with Crippen molar-refractivity contribution in [2.75, 3.05) is 13.1 Å². The van der Waals surface area contributed by atoms with Gasteiger partial charge in [-0.2, -0.15) is 0 Å². The van der Waals surface area contributed by atoms with Crippen molar-refractivity contribution in [3.8, 4) is 0 Å². The molecule has 28 heavy (non-hydrogen) atoms. The molecule has 1 aromatic heterocycles. The van der Waals surface area contributed by atoms with E-state index < -0.39 is 11.7 Å². The van der Waals surface area contributed by atoms with E-state index in [2.05, 4.69) is 10.3 Å². The molecular formula is C21H27N3O4. The number of carbonyl (C=O) groups excluding carboxylic acids is 2. The average Bonchev–Trinajstić information content (AvgIpc) is 2.94. The number of hydrogen-bond acceptors (Lipinski definition) is 4. The highest BCUT2D eigenvalue weighted by molar-refractivity contribution is 5.83. The molecule has 1 saturated heterocycles. The zero-order valence-corrected chi connectivity index (χ0v) is 16.7. The fourth-order valence-electron chi connectivity index (χ4n) is 3.42. The van der Waals surface area contributed by atoms with E-state index in [1.165, 1.54) is 0 Å². The van der Waals surface area contributed by atoms with Crippen molar-refractivity contribution in [3.05, 3.63) is 46.2 Å². The molecule has 2 aromatic rings. The van der Waals surface area contributed by atoms with Gasteiger partial charge >= 0.3 is 6.09 Å². The molecule has 1 fully saturated rings. The van der Waals surface area contributed by atoms with E-state index in [-0.39, 0.29) is 29.8 Å². The Balaban J connectivity index is 1.65. The number of aromatic nitrogens is 1. The maximum absolute atomic E-state index is 12.7. The van der Waals surface area contributed by atoms with Crippen LogP contribution in [-0.2, 0) is 16.0 Å². The first-order chi connectivity index (χ1) is 13.1. The van der Waals surface area contributed by atoms with Gasteiger partial charge in [0.25, 0.3) is 5.56 Å². The second-order valence-electron chi connectivity index (χ2n) is 8.42. The molecular weight excluding hydrogens is 358 g/mol. The number of fused-ring (bicyclic) bond motifs is 1. The summed E-state index contributed by atoms with van der Waals surface area (Å²) in [6.45, 7) is 8.35. The molecule has 7 nitrogen and oxygen atoms in total. The molecule has 2 N–H and O–H groups in total. The molecule has 1 aliphatic heterocycles. The summed E-state index contributed by atoms with van der Waals surface area (Å²) in [5, 5.41) is 3.74. The molecule has 1 aliphatic rings. The fourth-order valence-corrected chi connectivity index (χ4v) is 3.42. The Morgan fingerprint density at radius 3 is 2.68 bits per heavy atom. The number of hydrogen-bond donors (Lipinski definition) is 2. The molecule has 2 unspecified atom stereocenters. The summed E-state index contributed by atoms with van der Waals surface area (Å²) in [7, 11) is 0. The predicted molar refractivity (Wildman–Crippen MR) is 107 cm³/mol. The first-order valence-corrected chi connectivity index (χ1v) is 9.50. The van der Waals surface area contributed by atoms with E-state index in [0.29, 0.717) is 18.7 Å². The number of alkyl carbamates (subject to hydrolysis) is 1. The van der Waals surface area contributed by atoms with Gasteiger partial charge in [-0.1, -0.05) is 25.1 Å². The van der Waals surface area contributed by atoms with Gasteiger partial charge in [0, 0.05) is 24.2 Å². The van der Waals surface area contributed by atoms with Crippen LogP contribution in [0.25, 0.3) is 10.9 Å². The first-order valence-electron chi connectivity index (χ1n) is 9.50. The number of aromatic amines is 1. The van der Waals surface area contributed by atoms with Gasteiger partial charge in [0.05, 0.1) is 12.5 Å². The third-order valence-electron chi connectivity index (χ3n) is 4.84. The minimum atomic E-state index is -0.571. The Hall–Kier alpha value is -2.83. The molecule has 0 radical (unpaired) electrons. The van der Waals surface area contributed by atoms with Gasteiger partial charge in [-0.25, -0.2) is 4.79 Å². The summed E-state index contributed by atoms with van der Waals surface area (Å²) in [6, 6.07) is 9.07. The van der Waals surface area contributed by atoms with Crippen LogP contribution in [0, 0.1) is 5.92 Å². The number of likely N-dealkylation sites (tertiary alicyclic amines) is 1. The maximum atomic E-state index is 12.7. The molecule has 2 atom stereocenters. The number of para-hydroxylation sites is 1. The Kier molecular flexibility index (Phi) is 5.45. The zero-order chi connectivity index (χ0) is 20.5. The van der Waals surface area contributed by atoms with Gasteiger partial charge < -0.3 is 19.9 Å². The van der Waals surface area contributed by atoms with Crippen LogP contribution >= 0.6 is 0 Å². The number of nitrogens with one attached hydrogen (secondary N) is 2. The highest BCUT2D eigenvalue weighted by Gasteiger charge is 2.34. The third kappa shape index (κ3) is 4.71. The molecule has 2 heterocycles. The van der Waals surface area contributed by atoms with E-state index >= 15 is 0 Å². The fraction of sp³-hybridized carbons (Fsp3) is 0.476. The second kappa shape index (κ2) is 7.66. The molecule has 150 valence electrons. The quantitative estimate of drug-likeness (QED) is 0.849. The third-order valence-corrected chi connectivity index (χ3v) is 4.84. The number of amides is 2. The van der Waals surface area contributed by atoms with E-state index in [0.717, 1.165) is 10.9 Å². The van der Waals surface area contributed by atoms with Crippen molar-refractivity contribution in [2.24, 2.45) is 5.92 Å². The minimum Gasteiger partial charge on any atom is -0.444 e. The van der Waals surface area contributed by atoms with Gasteiger partial charge in [-0.05, 0) is 44.2 Å². The molecule has 0 spiro atoms. The molecule has 0 aliphatic carbocycles. The van der Waals surface area contributed by atoms with E-state index in [9.17, 15) is 14.4 Å². The van der Waals surface area contributed by atoms with Crippen molar-refractivity contribution in [3.63, 3.8) is 0 Å². The number of rotatable bonds is 3. The van der Waals surface area contributed by atoms with E-state index in [4.69, 9.17) is 4.74 Å². The van der Waals surface area contributed by atoms with Crippen molar-refractivity contribution in [2.45, 2.75) is 45.8 Å². The van der Waals surface area contributed by atoms with Crippen molar-refractivity contribution in [1.29, 1.82) is 0 Å². The van der Waals surface area contributed by atoms with Gasteiger partial charge in [-0.15, -0.1) is 0 Å². The van der Waals surface area contributed by atoms with Crippen molar-refractivity contribution < 1.29 is 14.3 Å². The van der Waals surface area contributed by atoms with Crippen LogP contribution < -0.4 is 10.9 Å². The summed E-state index contributed by atoms with van der Waals surface area (Å²) < 4.78 is 5.30. The lowest BCUT2D eigenvalue weighted by molar-refractivity contribution is -0.129. The van der Waals surface area contributed by atoms with Crippen molar-refractivity contribution >= 4 is 22.9 Å². The summed E-state index contributed by atoms with van der Waals surface area (Å²) in [4.78, 5) is 41.6. The molecule has 7 heteroatoms. The predicted octanol–water partition coefficient (Wildman–Crippen LogP) is 2.44. The van der Waals surface area contributed by atoms with Gasteiger partial charge in [0.1, 0.15) is 5.60 Å². The van der Waals surface area contributed by atoms with Crippen molar-refractivity contribution in [1.82, 2.24) is 15.2 Å². The summed E-state index contributed by atoms with van der Waals surface area (Å²) in [6.07, 6.45) is -0.448. The molecule has 0 bridgehead atoms. The summed E-state index contributed by atoms with van der Waals surface area (Å²) >= 11 is 0. The highest BCUT2D eigenvalue weighted by Crippen LogP contribution is 2.19. The lowest BCUT2D eigenvalue weighted by Crippen LogP contribution is -2.43. The largest absolute Gasteiger partial charge is 0.444 e. The van der Waals surface area contributed by atoms with E-state index in [1.807, 2.05) is 52.0 Å². The van der Waals surface area contributed by atoms with Crippen LogP contribution in [0.1, 0.15) is 33.3 Å². The van der Waals surface area contributed by atoms with Crippen LogP contribution in [0.4, 0.5) is 4.79 Å². The average molecular weight is 385 g/mol. The Morgan fingerprint density at radius 1 is 1.25 bits per heavy atom. The SMILES string of the molecule is CC1CN(C(=O)Cc2cc3ccccc3[nH]c2=O)CC1NC(=O)OC(C)(C)C. The van der Waals surface area contributed by atoms with Crippen LogP contribution in [0.15, 0.2) is 35.1 Å².